The number of hydrogen-bond donors (Lipinski definition) is 1. The standard InChI is InChI=1S/C13H16O3S/c1-9(13(14)15)11-4-2-3-5-12(11)16-10-6-7-17-8-10/h2-5,9-10H,6-8H2,1H3,(H,14,15). The molecule has 1 heterocycles. The Bertz CT molecular complexity index is 399. The Morgan fingerprint density at radius 2 is 2.29 bits per heavy atom. The summed E-state index contributed by atoms with van der Waals surface area (Å²) in [7, 11) is 0. The van der Waals surface area contributed by atoms with Crippen LogP contribution in [0.1, 0.15) is 24.8 Å². The highest BCUT2D eigenvalue weighted by Gasteiger charge is 2.22. The largest absolute Gasteiger partial charge is 0.489 e. The minimum Gasteiger partial charge on any atom is -0.489 e. The van der Waals surface area contributed by atoms with Crippen molar-refractivity contribution in [2.45, 2.75) is 25.4 Å². The molecule has 4 heteroatoms. The van der Waals surface area contributed by atoms with Crippen molar-refractivity contribution in [3.05, 3.63) is 29.8 Å². The Morgan fingerprint density at radius 1 is 1.53 bits per heavy atom. The van der Waals surface area contributed by atoms with Gasteiger partial charge in [-0.15, -0.1) is 0 Å². The predicted molar refractivity (Wildman–Crippen MR) is 68.9 cm³/mol. The van der Waals surface area contributed by atoms with Gasteiger partial charge in [0.05, 0.1) is 5.92 Å². The van der Waals surface area contributed by atoms with Crippen molar-refractivity contribution >= 4 is 17.7 Å². The van der Waals surface area contributed by atoms with Crippen LogP contribution >= 0.6 is 11.8 Å². The maximum absolute atomic E-state index is 11.0. The fraction of sp³-hybridized carbons (Fsp3) is 0.462. The van der Waals surface area contributed by atoms with Crippen molar-refractivity contribution in [1.82, 2.24) is 0 Å². The van der Waals surface area contributed by atoms with E-state index in [1.165, 1.54) is 0 Å². The van der Waals surface area contributed by atoms with Gasteiger partial charge < -0.3 is 9.84 Å². The maximum atomic E-state index is 11.0. The van der Waals surface area contributed by atoms with Crippen molar-refractivity contribution in [2.24, 2.45) is 0 Å². The second-order valence-corrected chi connectivity index (χ2v) is 5.35. The quantitative estimate of drug-likeness (QED) is 0.895. The van der Waals surface area contributed by atoms with Gasteiger partial charge in [-0.3, -0.25) is 4.79 Å². The summed E-state index contributed by atoms with van der Waals surface area (Å²) in [5, 5.41) is 9.06. The Hall–Kier alpha value is -1.16. The number of benzene rings is 1. The molecule has 0 saturated carbocycles. The monoisotopic (exact) mass is 252 g/mol. The minimum atomic E-state index is -0.818. The summed E-state index contributed by atoms with van der Waals surface area (Å²) in [4.78, 5) is 11.0. The molecular formula is C13H16O3S. The number of rotatable bonds is 4. The van der Waals surface area contributed by atoms with Crippen LogP contribution in [-0.4, -0.2) is 28.7 Å². The molecule has 1 fully saturated rings. The second-order valence-electron chi connectivity index (χ2n) is 4.20. The number of carboxylic acids is 1. The zero-order chi connectivity index (χ0) is 12.3. The maximum Gasteiger partial charge on any atom is 0.310 e. The van der Waals surface area contributed by atoms with Gasteiger partial charge in [0.2, 0.25) is 0 Å². The first-order valence-electron chi connectivity index (χ1n) is 5.74. The molecule has 0 radical (unpaired) electrons. The first-order chi connectivity index (χ1) is 8.18. The summed E-state index contributed by atoms with van der Waals surface area (Å²) >= 11 is 1.88. The van der Waals surface area contributed by atoms with Gasteiger partial charge in [0.25, 0.3) is 0 Å². The van der Waals surface area contributed by atoms with Gasteiger partial charge in [0.15, 0.2) is 0 Å². The van der Waals surface area contributed by atoms with Gasteiger partial charge in [0, 0.05) is 11.3 Å². The van der Waals surface area contributed by atoms with Crippen molar-refractivity contribution < 1.29 is 14.6 Å². The minimum absolute atomic E-state index is 0.224. The first kappa shape index (κ1) is 12.3. The van der Waals surface area contributed by atoms with Crippen molar-refractivity contribution in [3.8, 4) is 5.75 Å². The van der Waals surface area contributed by atoms with Crippen molar-refractivity contribution in [1.29, 1.82) is 0 Å². The average Bonchev–Trinajstić information content (AvgIpc) is 2.81. The molecule has 3 nitrogen and oxygen atoms in total. The van der Waals surface area contributed by atoms with Crippen LogP contribution in [0.5, 0.6) is 5.75 Å². The highest BCUT2D eigenvalue weighted by molar-refractivity contribution is 7.99. The van der Waals surface area contributed by atoms with Crippen LogP contribution in [0.2, 0.25) is 0 Å². The fourth-order valence-corrected chi connectivity index (χ4v) is 2.96. The third-order valence-corrected chi connectivity index (χ3v) is 4.07. The van der Waals surface area contributed by atoms with Gasteiger partial charge in [-0.05, 0) is 25.2 Å². The molecule has 1 aromatic carbocycles. The van der Waals surface area contributed by atoms with Gasteiger partial charge in [-0.2, -0.15) is 11.8 Å². The molecule has 0 aromatic heterocycles. The molecule has 2 rings (SSSR count). The smallest absolute Gasteiger partial charge is 0.310 e. The van der Waals surface area contributed by atoms with E-state index in [1.807, 2.05) is 36.0 Å². The molecule has 0 bridgehead atoms. The number of carboxylic acid groups (broad SMARTS) is 1. The number of thioether (sulfide) groups is 1. The lowest BCUT2D eigenvalue weighted by Gasteiger charge is -2.17. The molecule has 2 atom stereocenters. The van der Waals surface area contributed by atoms with Gasteiger partial charge in [-0.1, -0.05) is 18.2 Å². The van der Waals surface area contributed by atoms with E-state index in [1.54, 1.807) is 6.92 Å². The van der Waals surface area contributed by atoms with Crippen LogP contribution in [0, 0.1) is 0 Å². The van der Waals surface area contributed by atoms with E-state index in [0.717, 1.165) is 29.2 Å². The van der Waals surface area contributed by atoms with Gasteiger partial charge in [-0.25, -0.2) is 0 Å². The van der Waals surface area contributed by atoms with Gasteiger partial charge in [0.1, 0.15) is 11.9 Å². The molecule has 1 aromatic rings. The SMILES string of the molecule is CC(C(=O)O)c1ccccc1OC1CCSC1. The molecule has 1 aliphatic heterocycles. The first-order valence-corrected chi connectivity index (χ1v) is 6.90. The van der Waals surface area contributed by atoms with Crippen LogP contribution in [-0.2, 0) is 4.79 Å². The molecule has 2 unspecified atom stereocenters. The van der Waals surface area contributed by atoms with Crippen LogP contribution < -0.4 is 4.74 Å². The summed E-state index contributed by atoms with van der Waals surface area (Å²) in [5.74, 6) is 1.49. The summed E-state index contributed by atoms with van der Waals surface area (Å²) in [6, 6.07) is 7.43. The van der Waals surface area contributed by atoms with E-state index in [2.05, 4.69) is 0 Å². The molecule has 0 spiro atoms. The van der Waals surface area contributed by atoms with Crippen LogP contribution in [0.25, 0.3) is 0 Å². The zero-order valence-electron chi connectivity index (χ0n) is 9.76. The molecule has 0 aliphatic carbocycles. The van der Waals surface area contributed by atoms with E-state index < -0.39 is 11.9 Å². The number of aliphatic carboxylic acids is 1. The van der Waals surface area contributed by atoms with E-state index in [0.29, 0.717) is 0 Å². The van der Waals surface area contributed by atoms with Crippen molar-refractivity contribution in [2.75, 3.05) is 11.5 Å². The van der Waals surface area contributed by atoms with Crippen LogP contribution in [0.3, 0.4) is 0 Å². The number of hydrogen-bond acceptors (Lipinski definition) is 3. The summed E-state index contributed by atoms with van der Waals surface area (Å²) < 4.78 is 5.89. The Morgan fingerprint density at radius 3 is 2.94 bits per heavy atom. The number of para-hydroxylation sites is 1. The molecule has 1 aliphatic rings. The third-order valence-electron chi connectivity index (χ3n) is 2.94. The number of ether oxygens (including phenoxy) is 1. The predicted octanol–water partition coefficient (Wildman–Crippen LogP) is 2.76. The lowest BCUT2D eigenvalue weighted by Crippen LogP contribution is -2.17. The topological polar surface area (TPSA) is 46.5 Å². The van der Waals surface area contributed by atoms with Gasteiger partial charge >= 0.3 is 5.97 Å². The Kier molecular flexibility index (Phi) is 3.94. The van der Waals surface area contributed by atoms with Crippen molar-refractivity contribution in [3.63, 3.8) is 0 Å². The summed E-state index contributed by atoms with van der Waals surface area (Å²) in [6.45, 7) is 1.69. The third kappa shape index (κ3) is 2.94. The molecule has 92 valence electrons. The van der Waals surface area contributed by atoms with E-state index in [-0.39, 0.29) is 6.10 Å². The normalized spacial score (nSPS) is 21.1. The van der Waals surface area contributed by atoms with E-state index in [4.69, 9.17) is 9.84 Å². The lowest BCUT2D eigenvalue weighted by atomic mass is 10.0. The van der Waals surface area contributed by atoms with E-state index in [9.17, 15) is 4.79 Å². The summed E-state index contributed by atoms with van der Waals surface area (Å²) in [6.07, 6.45) is 1.27. The molecule has 17 heavy (non-hydrogen) atoms. The summed E-state index contributed by atoms with van der Waals surface area (Å²) in [5.41, 5.74) is 0.761. The van der Waals surface area contributed by atoms with E-state index >= 15 is 0 Å². The molecule has 1 N–H and O–H groups in total. The Balaban J connectivity index is 2.17. The lowest BCUT2D eigenvalue weighted by molar-refractivity contribution is -0.138. The fourth-order valence-electron chi connectivity index (χ4n) is 1.86. The highest BCUT2D eigenvalue weighted by atomic mass is 32.2. The zero-order valence-corrected chi connectivity index (χ0v) is 10.6. The molecular weight excluding hydrogens is 236 g/mol. The van der Waals surface area contributed by atoms with Crippen LogP contribution in [0.15, 0.2) is 24.3 Å². The second kappa shape index (κ2) is 5.45. The Labute approximate surface area is 105 Å². The number of carbonyl (C=O) groups is 1. The average molecular weight is 252 g/mol. The van der Waals surface area contributed by atoms with Crippen LogP contribution in [0.4, 0.5) is 0 Å². The highest BCUT2D eigenvalue weighted by Crippen LogP contribution is 2.30. The molecule has 0 amide bonds. The molecule has 1 saturated heterocycles.